The first-order valence-corrected chi connectivity index (χ1v) is 9.05. The smallest absolute Gasteiger partial charge is 0.0102 e. The van der Waals surface area contributed by atoms with Gasteiger partial charge in [-0.3, -0.25) is 0 Å². The van der Waals surface area contributed by atoms with Gasteiger partial charge in [-0.05, 0) is 53.7 Å². The molecule has 0 amide bonds. The molecule has 0 heteroatoms. The van der Waals surface area contributed by atoms with E-state index in [9.17, 15) is 0 Å². The summed E-state index contributed by atoms with van der Waals surface area (Å²) in [6, 6.07) is 24.0. The molecule has 0 aliphatic carbocycles. The number of aryl methyl sites for hydroxylation is 3. The summed E-state index contributed by atoms with van der Waals surface area (Å²) in [5.74, 6) is 0. The molecule has 0 radical (unpaired) electrons. The number of rotatable bonds is 5. The zero-order valence-corrected chi connectivity index (χ0v) is 15.5. The molecule has 0 spiro atoms. The number of hydrogen-bond acceptors (Lipinski definition) is 0. The molecule has 0 saturated carbocycles. The molecule has 0 aromatic heterocycles. The molecule has 3 aromatic carbocycles. The highest BCUT2D eigenvalue weighted by atomic mass is 14.2. The van der Waals surface area contributed by atoms with Gasteiger partial charge >= 0.3 is 0 Å². The molecule has 0 unspecified atom stereocenters. The zero-order chi connectivity index (χ0) is 17.8. The van der Waals surface area contributed by atoms with Gasteiger partial charge in [0, 0.05) is 0 Å². The van der Waals surface area contributed by atoms with Gasteiger partial charge < -0.3 is 0 Å². The standard InChI is InChI=1S/C25H26/c1-5-9-22-16-18(2)12-14-23(22)24-15-13-19(3)17-25(24)20(4)21-10-7-6-8-11-21/h6-8,10-17H,4-5,9H2,1-3H3. The second-order valence-electron chi connectivity index (χ2n) is 6.80. The second kappa shape index (κ2) is 7.53. The van der Waals surface area contributed by atoms with E-state index in [-0.39, 0.29) is 0 Å². The first-order chi connectivity index (χ1) is 12.1. The highest BCUT2D eigenvalue weighted by Crippen LogP contribution is 2.35. The quantitative estimate of drug-likeness (QED) is 0.474. The van der Waals surface area contributed by atoms with E-state index in [0.29, 0.717) is 0 Å². The van der Waals surface area contributed by atoms with Crippen LogP contribution in [0.4, 0.5) is 0 Å². The third kappa shape index (κ3) is 3.74. The van der Waals surface area contributed by atoms with Gasteiger partial charge in [-0.15, -0.1) is 0 Å². The Morgan fingerprint density at radius 3 is 2.12 bits per heavy atom. The van der Waals surface area contributed by atoms with Crippen molar-refractivity contribution in [3.63, 3.8) is 0 Å². The Hall–Kier alpha value is -2.60. The van der Waals surface area contributed by atoms with Crippen LogP contribution < -0.4 is 0 Å². The molecule has 0 heterocycles. The van der Waals surface area contributed by atoms with Crippen molar-refractivity contribution in [3.8, 4) is 11.1 Å². The van der Waals surface area contributed by atoms with Gasteiger partial charge in [0.1, 0.15) is 0 Å². The maximum absolute atomic E-state index is 4.42. The van der Waals surface area contributed by atoms with Crippen molar-refractivity contribution < 1.29 is 0 Å². The van der Waals surface area contributed by atoms with Crippen molar-refractivity contribution in [1.82, 2.24) is 0 Å². The van der Waals surface area contributed by atoms with E-state index in [0.717, 1.165) is 18.4 Å². The van der Waals surface area contributed by atoms with E-state index >= 15 is 0 Å². The first-order valence-electron chi connectivity index (χ1n) is 9.05. The summed E-state index contributed by atoms with van der Waals surface area (Å²) >= 11 is 0. The van der Waals surface area contributed by atoms with E-state index in [1.54, 1.807) is 0 Å². The summed E-state index contributed by atoms with van der Waals surface area (Å²) in [6.45, 7) is 11.0. The van der Waals surface area contributed by atoms with Crippen molar-refractivity contribution >= 4 is 5.57 Å². The molecule has 3 rings (SSSR count). The van der Waals surface area contributed by atoms with E-state index in [1.165, 1.54) is 38.9 Å². The lowest BCUT2D eigenvalue weighted by atomic mass is 9.87. The normalized spacial score (nSPS) is 10.7. The minimum Gasteiger partial charge on any atom is -0.0905 e. The molecule has 0 N–H and O–H groups in total. The Balaban J connectivity index is 2.17. The van der Waals surface area contributed by atoms with Crippen LogP contribution in [0.5, 0.6) is 0 Å². The van der Waals surface area contributed by atoms with Crippen LogP contribution in [-0.4, -0.2) is 0 Å². The predicted molar refractivity (Wildman–Crippen MR) is 110 cm³/mol. The molecular weight excluding hydrogens is 300 g/mol. The maximum Gasteiger partial charge on any atom is -0.0102 e. The monoisotopic (exact) mass is 326 g/mol. The molecule has 0 atom stereocenters. The fourth-order valence-electron chi connectivity index (χ4n) is 3.40. The molecule has 0 aliphatic rings. The van der Waals surface area contributed by atoms with Gasteiger partial charge in [0.05, 0.1) is 0 Å². The van der Waals surface area contributed by atoms with Crippen molar-refractivity contribution in [3.05, 3.63) is 101 Å². The van der Waals surface area contributed by atoms with Gasteiger partial charge in [0.25, 0.3) is 0 Å². The van der Waals surface area contributed by atoms with Crippen LogP contribution in [0.2, 0.25) is 0 Å². The van der Waals surface area contributed by atoms with Crippen LogP contribution in [-0.2, 0) is 6.42 Å². The third-order valence-electron chi connectivity index (χ3n) is 4.69. The SMILES string of the molecule is C=C(c1ccccc1)c1cc(C)ccc1-c1ccc(C)cc1CCC. The summed E-state index contributed by atoms with van der Waals surface area (Å²) in [4.78, 5) is 0. The molecule has 0 saturated heterocycles. The number of benzene rings is 3. The van der Waals surface area contributed by atoms with E-state index in [1.807, 2.05) is 6.07 Å². The van der Waals surface area contributed by atoms with Crippen molar-refractivity contribution in [2.45, 2.75) is 33.6 Å². The lowest BCUT2D eigenvalue weighted by Crippen LogP contribution is -1.96. The molecule has 126 valence electrons. The van der Waals surface area contributed by atoms with Crippen LogP contribution >= 0.6 is 0 Å². The molecule has 0 aliphatic heterocycles. The predicted octanol–water partition coefficient (Wildman–Crippen LogP) is 6.98. The van der Waals surface area contributed by atoms with Gasteiger partial charge in [0.2, 0.25) is 0 Å². The second-order valence-corrected chi connectivity index (χ2v) is 6.80. The molecular formula is C25H26. The lowest BCUT2D eigenvalue weighted by Gasteiger charge is -2.17. The van der Waals surface area contributed by atoms with E-state index in [2.05, 4.69) is 88.0 Å². The van der Waals surface area contributed by atoms with E-state index in [4.69, 9.17) is 0 Å². The Morgan fingerprint density at radius 1 is 0.800 bits per heavy atom. The molecule has 25 heavy (non-hydrogen) atoms. The van der Waals surface area contributed by atoms with Crippen molar-refractivity contribution in [2.24, 2.45) is 0 Å². The van der Waals surface area contributed by atoms with Gasteiger partial charge in [0.15, 0.2) is 0 Å². The summed E-state index contributed by atoms with van der Waals surface area (Å²) in [7, 11) is 0. The Bertz CT molecular complexity index is 885. The molecule has 0 fully saturated rings. The average molecular weight is 326 g/mol. The van der Waals surface area contributed by atoms with Gasteiger partial charge in [-0.25, -0.2) is 0 Å². The summed E-state index contributed by atoms with van der Waals surface area (Å²) in [5, 5.41) is 0. The highest BCUT2D eigenvalue weighted by Gasteiger charge is 2.13. The highest BCUT2D eigenvalue weighted by molar-refractivity contribution is 5.88. The average Bonchev–Trinajstić information content (AvgIpc) is 2.63. The summed E-state index contributed by atoms with van der Waals surface area (Å²) in [6.07, 6.45) is 2.25. The Morgan fingerprint density at radius 2 is 1.44 bits per heavy atom. The van der Waals surface area contributed by atoms with Gasteiger partial charge in [-0.2, -0.15) is 0 Å². The molecule has 0 nitrogen and oxygen atoms in total. The van der Waals surface area contributed by atoms with Crippen LogP contribution in [0.25, 0.3) is 16.7 Å². The lowest BCUT2D eigenvalue weighted by molar-refractivity contribution is 0.922. The van der Waals surface area contributed by atoms with Gasteiger partial charge in [-0.1, -0.05) is 97.8 Å². The largest absolute Gasteiger partial charge is 0.0905 e. The Kier molecular flexibility index (Phi) is 5.19. The zero-order valence-electron chi connectivity index (χ0n) is 15.5. The topological polar surface area (TPSA) is 0 Å². The summed E-state index contributed by atoms with van der Waals surface area (Å²) in [5.41, 5.74) is 10.1. The van der Waals surface area contributed by atoms with Crippen LogP contribution in [0.3, 0.4) is 0 Å². The maximum atomic E-state index is 4.42. The minimum absolute atomic E-state index is 1.09. The first kappa shape index (κ1) is 17.2. The van der Waals surface area contributed by atoms with Crippen molar-refractivity contribution in [1.29, 1.82) is 0 Å². The fourth-order valence-corrected chi connectivity index (χ4v) is 3.40. The van der Waals surface area contributed by atoms with Crippen LogP contribution in [0.15, 0.2) is 73.3 Å². The Labute approximate surface area is 151 Å². The van der Waals surface area contributed by atoms with Crippen LogP contribution in [0, 0.1) is 13.8 Å². The molecule has 0 bridgehead atoms. The molecule has 3 aromatic rings. The minimum atomic E-state index is 1.09. The van der Waals surface area contributed by atoms with Crippen LogP contribution in [0.1, 0.15) is 41.2 Å². The third-order valence-corrected chi connectivity index (χ3v) is 4.69. The van der Waals surface area contributed by atoms with E-state index < -0.39 is 0 Å². The van der Waals surface area contributed by atoms with Crippen molar-refractivity contribution in [2.75, 3.05) is 0 Å². The fraction of sp³-hybridized carbons (Fsp3) is 0.200. The number of hydrogen-bond donors (Lipinski definition) is 0. The summed E-state index contributed by atoms with van der Waals surface area (Å²) < 4.78 is 0.